The Morgan fingerprint density at radius 2 is 1.93 bits per heavy atom. The fourth-order valence-corrected chi connectivity index (χ4v) is 4.83. The third kappa shape index (κ3) is 5.10. The van der Waals surface area contributed by atoms with E-state index in [9.17, 15) is 4.79 Å². The van der Waals surface area contributed by atoms with Crippen molar-refractivity contribution in [3.63, 3.8) is 0 Å². The summed E-state index contributed by atoms with van der Waals surface area (Å²) in [6.45, 7) is 3.62. The number of amides is 1. The summed E-state index contributed by atoms with van der Waals surface area (Å²) in [6.07, 6.45) is 9.65. The monoisotopic (exact) mass is 397 g/mol. The summed E-state index contributed by atoms with van der Waals surface area (Å²) < 4.78 is 0. The zero-order chi connectivity index (χ0) is 20.1. The molecular formula is C23H35N5O. The molecule has 4 rings (SSSR count). The number of aromatic amines is 1. The number of rotatable bonds is 7. The van der Waals surface area contributed by atoms with E-state index >= 15 is 0 Å². The van der Waals surface area contributed by atoms with Gasteiger partial charge in [-0.3, -0.25) is 4.79 Å². The zero-order valence-electron chi connectivity index (χ0n) is 17.7. The van der Waals surface area contributed by atoms with E-state index in [0.29, 0.717) is 0 Å². The summed E-state index contributed by atoms with van der Waals surface area (Å²) in [4.78, 5) is 25.4. The lowest BCUT2D eigenvalue weighted by atomic mass is 9.94. The number of H-pyrrole nitrogens is 1. The molecular weight excluding hydrogens is 362 g/mol. The highest BCUT2D eigenvalue weighted by Crippen LogP contribution is 2.24. The van der Waals surface area contributed by atoms with E-state index in [2.05, 4.69) is 38.2 Å². The van der Waals surface area contributed by atoms with Crippen molar-refractivity contribution in [3.05, 3.63) is 24.3 Å². The molecule has 0 bridgehead atoms. The fourth-order valence-electron chi connectivity index (χ4n) is 4.83. The smallest absolute Gasteiger partial charge is 0.223 e. The molecule has 6 heteroatoms. The number of hydrogen-bond donors (Lipinski definition) is 2. The number of anilines is 1. The maximum Gasteiger partial charge on any atom is 0.223 e. The number of carbonyl (C=O) groups excluding carboxylic acids is 1. The number of hydrogen-bond acceptors (Lipinski definition) is 4. The first-order chi connectivity index (χ1) is 14.2. The maximum atomic E-state index is 12.6. The number of imidazole rings is 1. The Hall–Kier alpha value is -2.08. The molecule has 1 aliphatic carbocycles. The van der Waals surface area contributed by atoms with E-state index in [1.165, 1.54) is 32.1 Å². The minimum absolute atomic E-state index is 0.131. The van der Waals surface area contributed by atoms with Crippen molar-refractivity contribution in [1.29, 1.82) is 0 Å². The number of benzene rings is 1. The second-order valence-electron chi connectivity index (χ2n) is 8.76. The van der Waals surface area contributed by atoms with Crippen molar-refractivity contribution in [2.24, 2.45) is 5.92 Å². The van der Waals surface area contributed by atoms with Gasteiger partial charge in [0, 0.05) is 31.6 Å². The molecule has 0 spiro atoms. The van der Waals surface area contributed by atoms with Crippen molar-refractivity contribution in [2.45, 2.75) is 57.4 Å². The Kier molecular flexibility index (Phi) is 6.70. The molecule has 1 aromatic carbocycles. The lowest BCUT2D eigenvalue weighted by Crippen LogP contribution is -2.41. The second kappa shape index (κ2) is 9.61. The van der Waals surface area contributed by atoms with Crippen LogP contribution in [0.3, 0.4) is 0 Å². The van der Waals surface area contributed by atoms with Gasteiger partial charge < -0.3 is 20.1 Å². The van der Waals surface area contributed by atoms with Crippen molar-refractivity contribution in [3.8, 4) is 0 Å². The molecule has 6 nitrogen and oxygen atoms in total. The number of nitrogens with zero attached hydrogens (tertiary/aromatic N) is 3. The minimum Gasteiger partial charge on any atom is -0.356 e. The van der Waals surface area contributed by atoms with E-state index in [4.69, 9.17) is 0 Å². The normalized spacial score (nSPS) is 19.2. The number of piperidine rings is 1. The highest BCUT2D eigenvalue weighted by molar-refractivity contribution is 5.79. The van der Waals surface area contributed by atoms with Gasteiger partial charge in [-0.25, -0.2) is 4.98 Å². The zero-order valence-corrected chi connectivity index (χ0v) is 17.7. The van der Waals surface area contributed by atoms with Gasteiger partial charge in [-0.2, -0.15) is 0 Å². The van der Waals surface area contributed by atoms with Gasteiger partial charge in [0.05, 0.1) is 11.0 Å². The molecule has 0 radical (unpaired) electrons. The SMILES string of the molecule is CN(CCCNC(=O)C1CCN(c2nc3ccccc3[nH]2)CC1)C1CCCCC1. The predicted molar refractivity (Wildman–Crippen MR) is 118 cm³/mol. The Morgan fingerprint density at radius 1 is 1.17 bits per heavy atom. The van der Waals surface area contributed by atoms with Gasteiger partial charge in [-0.1, -0.05) is 31.4 Å². The molecule has 1 saturated carbocycles. The maximum absolute atomic E-state index is 12.6. The Morgan fingerprint density at radius 3 is 2.69 bits per heavy atom. The highest BCUT2D eigenvalue weighted by atomic mass is 16.1. The van der Waals surface area contributed by atoms with Crippen LogP contribution in [0.1, 0.15) is 51.4 Å². The van der Waals surface area contributed by atoms with Crippen LogP contribution >= 0.6 is 0 Å². The first-order valence-corrected chi connectivity index (χ1v) is 11.4. The molecule has 29 heavy (non-hydrogen) atoms. The summed E-state index contributed by atoms with van der Waals surface area (Å²) >= 11 is 0. The van der Waals surface area contributed by atoms with E-state index in [-0.39, 0.29) is 11.8 Å². The molecule has 2 N–H and O–H groups in total. The number of aromatic nitrogens is 2. The van der Waals surface area contributed by atoms with Gasteiger partial charge in [0.1, 0.15) is 0 Å². The van der Waals surface area contributed by atoms with Crippen LogP contribution in [0.4, 0.5) is 5.95 Å². The number of fused-ring (bicyclic) bond motifs is 1. The van der Waals surface area contributed by atoms with Crippen LogP contribution in [0.5, 0.6) is 0 Å². The van der Waals surface area contributed by atoms with Gasteiger partial charge >= 0.3 is 0 Å². The largest absolute Gasteiger partial charge is 0.356 e. The van der Waals surface area contributed by atoms with Crippen LogP contribution in [-0.2, 0) is 4.79 Å². The number of carbonyl (C=O) groups is 1. The van der Waals surface area contributed by atoms with Gasteiger partial charge in [0.15, 0.2) is 0 Å². The van der Waals surface area contributed by atoms with Crippen LogP contribution in [-0.4, -0.2) is 60.0 Å². The summed E-state index contributed by atoms with van der Waals surface area (Å²) in [7, 11) is 2.24. The molecule has 1 aliphatic heterocycles. The van der Waals surface area contributed by atoms with Crippen LogP contribution in [0.25, 0.3) is 11.0 Å². The average molecular weight is 398 g/mol. The van der Waals surface area contributed by atoms with Gasteiger partial charge in [0.25, 0.3) is 0 Å². The van der Waals surface area contributed by atoms with Crippen molar-refractivity contribution in [2.75, 3.05) is 38.1 Å². The first-order valence-electron chi connectivity index (χ1n) is 11.4. The third-order valence-electron chi connectivity index (χ3n) is 6.73. The quantitative estimate of drug-likeness (QED) is 0.702. The number of nitrogens with one attached hydrogen (secondary N) is 2. The number of para-hydroxylation sites is 2. The molecule has 158 valence electrons. The van der Waals surface area contributed by atoms with Crippen LogP contribution < -0.4 is 10.2 Å². The van der Waals surface area contributed by atoms with Crippen LogP contribution in [0, 0.1) is 5.92 Å². The van der Waals surface area contributed by atoms with Gasteiger partial charge in [-0.15, -0.1) is 0 Å². The molecule has 1 amide bonds. The van der Waals surface area contributed by atoms with E-state index < -0.39 is 0 Å². The van der Waals surface area contributed by atoms with Crippen LogP contribution in [0.15, 0.2) is 24.3 Å². The molecule has 1 aromatic heterocycles. The third-order valence-corrected chi connectivity index (χ3v) is 6.73. The molecule has 2 aliphatic rings. The minimum atomic E-state index is 0.131. The molecule has 0 unspecified atom stereocenters. The second-order valence-corrected chi connectivity index (χ2v) is 8.76. The average Bonchev–Trinajstić information content (AvgIpc) is 3.21. The molecule has 1 saturated heterocycles. The highest BCUT2D eigenvalue weighted by Gasteiger charge is 2.26. The van der Waals surface area contributed by atoms with Crippen molar-refractivity contribution in [1.82, 2.24) is 20.2 Å². The summed E-state index contributed by atoms with van der Waals surface area (Å²) in [6, 6.07) is 8.87. The first kappa shape index (κ1) is 20.2. The summed E-state index contributed by atoms with van der Waals surface area (Å²) in [5, 5.41) is 3.18. The molecule has 0 atom stereocenters. The van der Waals surface area contributed by atoms with E-state index in [1.807, 2.05) is 18.2 Å². The summed E-state index contributed by atoms with van der Waals surface area (Å²) in [5.74, 6) is 1.29. The molecule has 2 heterocycles. The topological polar surface area (TPSA) is 64.3 Å². The lowest BCUT2D eigenvalue weighted by molar-refractivity contribution is -0.125. The fraction of sp³-hybridized carbons (Fsp3) is 0.652. The van der Waals surface area contributed by atoms with Gasteiger partial charge in [-0.05, 0) is 57.8 Å². The molecule has 2 aromatic rings. The molecule has 2 fully saturated rings. The predicted octanol–water partition coefficient (Wildman–Crippen LogP) is 3.55. The van der Waals surface area contributed by atoms with Crippen molar-refractivity contribution >= 4 is 22.9 Å². The Balaban J connectivity index is 1.16. The summed E-state index contributed by atoms with van der Waals surface area (Å²) in [5.41, 5.74) is 2.07. The van der Waals surface area contributed by atoms with E-state index in [1.54, 1.807) is 0 Å². The Bertz CT molecular complexity index is 756. The standard InChI is InChI=1S/C23H35N5O/c1-27(19-8-3-2-4-9-19)15-7-14-24-22(29)18-12-16-28(17-13-18)23-25-20-10-5-6-11-21(20)26-23/h5-6,10-11,18-19H,2-4,7-9,12-17H2,1H3,(H,24,29)(H,25,26). The Labute approximate surface area is 174 Å². The lowest BCUT2D eigenvalue weighted by Gasteiger charge is -2.32. The van der Waals surface area contributed by atoms with Crippen LogP contribution in [0.2, 0.25) is 0 Å². The van der Waals surface area contributed by atoms with E-state index in [0.717, 1.165) is 68.5 Å². The van der Waals surface area contributed by atoms with Crippen molar-refractivity contribution < 1.29 is 4.79 Å². The van der Waals surface area contributed by atoms with Gasteiger partial charge in [0.2, 0.25) is 11.9 Å².